The first kappa shape index (κ1) is 24.4. The van der Waals surface area contributed by atoms with Crippen LogP contribution in [-0.4, -0.2) is 78.5 Å². The number of ketones is 2. The van der Waals surface area contributed by atoms with Crippen LogP contribution < -0.4 is 11.5 Å². The molecular weight excluding hydrogens is 482 g/mol. The highest BCUT2D eigenvalue weighted by molar-refractivity contribution is 6.24. The monoisotopic (exact) mass is 507 g/mol. The van der Waals surface area contributed by atoms with E-state index < -0.39 is 58.0 Å². The molecule has 8 N–H and O–H groups in total. The predicted molar refractivity (Wildman–Crippen MR) is 129 cm³/mol. The Bertz CT molecular complexity index is 1450. The van der Waals surface area contributed by atoms with Crippen molar-refractivity contribution in [2.75, 3.05) is 19.8 Å². The minimum atomic E-state index is -2.68. The summed E-state index contributed by atoms with van der Waals surface area (Å²) in [5.74, 6) is -6.89. The average Bonchev–Trinajstić information content (AvgIpc) is 2.82. The Balaban J connectivity index is 1.72. The van der Waals surface area contributed by atoms with E-state index in [-0.39, 0.29) is 35.7 Å². The minimum absolute atomic E-state index is 0.000897. The Labute approximate surface area is 210 Å². The topological polar surface area (TPSA) is 213 Å². The summed E-state index contributed by atoms with van der Waals surface area (Å²) >= 11 is 0. The molecule has 2 aromatic rings. The van der Waals surface area contributed by atoms with Crippen molar-refractivity contribution in [3.05, 3.63) is 58.3 Å². The molecule has 3 aliphatic rings. The van der Waals surface area contributed by atoms with E-state index >= 15 is 0 Å². The Morgan fingerprint density at radius 3 is 2.38 bits per heavy atom. The van der Waals surface area contributed by atoms with Gasteiger partial charge < -0.3 is 31.9 Å². The second kappa shape index (κ2) is 8.11. The lowest BCUT2D eigenvalue weighted by molar-refractivity contribution is -0.148. The quantitative estimate of drug-likeness (QED) is 0.308. The number of phenolic OH excluding ortho intramolecular Hbond substituents is 1. The fraction of sp³-hybridized carbons (Fsp3) is 0.320. The van der Waals surface area contributed by atoms with Gasteiger partial charge in [-0.15, -0.1) is 0 Å². The molecule has 12 heteroatoms. The van der Waals surface area contributed by atoms with Crippen LogP contribution in [0.3, 0.4) is 0 Å². The number of benzene rings is 1. The van der Waals surface area contributed by atoms with Crippen molar-refractivity contribution in [1.82, 2.24) is 14.9 Å². The van der Waals surface area contributed by atoms with Gasteiger partial charge in [0.2, 0.25) is 11.7 Å². The third-order valence-corrected chi connectivity index (χ3v) is 7.59. The molecule has 0 aliphatic heterocycles. The maximum absolute atomic E-state index is 13.7. The Kier molecular flexibility index (Phi) is 5.35. The fourth-order valence-electron chi connectivity index (χ4n) is 6.00. The second-order valence-electron chi connectivity index (χ2n) is 9.78. The summed E-state index contributed by atoms with van der Waals surface area (Å²) in [7, 11) is 3.15. The van der Waals surface area contributed by atoms with Crippen molar-refractivity contribution in [3.8, 4) is 16.9 Å². The Morgan fingerprint density at radius 1 is 1.14 bits per heavy atom. The van der Waals surface area contributed by atoms with Gasteiger partial charge >= 0.3 is 0 Å². The molecule has 1 aromatic carbocycles. The number of carbonyl (C=O) groups is 3. The first-order chi connectivity index (χ1) is 17.4. The summed E-state index contributed by atoms with van der Waals surface area (Å²) in [4.78, 5) is 48.6. The molecule has 4 atom stereocenters. The highest BCUT2D eigenvalue weighted by Gasteiger charge is 2.63. The first-order valence-electron chi connectivity index (χ1n) is 11.5. The van der Waals surface area contributed by atoms with Gasteiger partial charge in [0, 0.05) is 29.4 Å². The summed E-state index contributed by atoms with van der Waals surface area (Å²) < 4.78 is 0. The second-order valence-corrected chi connectivity index (χ2v) is 9.78. The van der Waals surface area contributed by atoms with Crippen molar-refractivity contribution in [3.63, 3.8) is 0 Å². The number of rotatable bonds is 3. The molecule has 1 aromatic heterocycles. The largest absolute Gasteiger partial charge is 0.510 e. The molecule has 0 fully saturated rings. The molecule has 0 saturated carbocycles. The molecule has 0 radical (unpaired) electrons. The van der Waals surface area contributed by atoms with Gasteiger partial charge in [-0.1, -0.05) is 6.07 Å². The number of fused-ring (bicyclic) bond motifs is 3. The SMILES string of the molecule is CN(C)[C@@H]1C(O)=C(C(N)=O)C(=O)[C@@]2(O)C(O)=C3C(=O)c4c(O)ccc(-c5cnc(N)nc5)c4C[C@H]3C[C@@H]12. The molecule has 5 rings (SSSR count). The van der Waals surface area contributed by atoms with E-state index in [1.165, 1.54) is 23.4 Å². The standard InChI is InChI=1S/C25H25N5O7/c1-30(2)18-13-6-9-5-12-11(10-7-28-24(27)29-8-10)3-4-14(31)16(12)19(32)15(9)21(34)25(13,37)22(35)17(20(18)33)23(26)36/h3-4,7-9,13,18,31,33-34,37H,5-6H2,1-2H3,(H2,26,36)(H2,27,28,29)/t9-,13-,18-,25-/m0/s1. The number of hydrogen-bond acceptors (Lipinski definition) is 11. The molecule has 1 amide bonds. The summed E-state index contributed by atoms with van der Waals surface area (Å²) in [6, 6.07) is 1.88. The molecule has 192 valence electrons. The molecular formula is C25H25N5O7. The van der Waals surface area contributed by atoms with Gasteiger partial charge in [-0.05, 0) is 50.0 Å². The maximum atomic E-state index is 13.7. The molecule has 3 aliphatic carbocycles. The molecule has 37 heavy (non-hydrogen) atoms. The van der Waals surface area contributed by atoms with E-state index in [1.54, 1.807) is 20.2 Å². The summed E-state index contributed by atoms with van der Waals surface area (Å²) in [5, 5.41) is 44.4. The van der Waals surface area contributed by atoms with E-state index in [0.29, 0.717) is 16.7 Å². The normalized spacial score (nSPS) is 27.2. The van der Waals surface area contributed by atoms with Crippen LogP contribution in [0.25, 0.3) is 11.1 Å². The van der Waals surface area contributed by atoms with E-state index in [1.807, 2.05) is 0 Å². The number of aliphatic hydroxyl groups excluding tert-OH is 2. The highest BCUT2D eigenvalue weighted by Crippen LogP contribution is 2.53. The lowest BCUT2D eigenvalue weighted by Gasteiger charge is -2.50. The van der Waals surface area contributed by atoms with Gasteiger partial charge in [0.15, 0.2) is 11.4 Å². The molecule has 0 saturated heterocycles. The minimum Gasteiger partial charge on any atom is -0.510 e. The zero-order valence-electron chi connectivity index (χ0n) is 20.0. The van der Waals surface area contributed by atoms with Gasteiger partial charge in [-0.25, -0.2) is 9.97 Å². The van der Waals surface area contributed by atoms with E-state index in [9.17, 15) is 34.8 Å². The van der Waals surface area contributed by atoms with Gasteiger partial charge in [-0.2, -0.15) is 0 Å². The van der Waals surface area contributed by atoms with Gasteiger partial charge in [0.05, 0.1) is 11.6 Å². The number of aliphatic hydroxyl groups is 3. The number of nitrogen functional groups attached to an aromatic ring is 1. The van der Waals surface area contributed by atoms with Crippen molar-refractivity contribution in [1.29, 1.82) is 0 Å². The number of likely N-dealkylation sites (N-methyl/N-ethyl adjacent to an activating group) is 1. The van der Waals surface area contributed by atoms with Crippen LogP contribution in [0.4, 0.5) is 5.95 Å². The summed E-state index contributed by atoms with van der Waals surface area (Å²) in [5.41, 5.74) is 8.70. The van der Waals surface area contributed by atoms with Gasteiger partial charge in [-0.3, -0.25) is 19.3 Å². The van der Waals surface area contributed by atoms with E-state index in [2.05, 4.69) is 9.97 Å². The van der Waals surface area contributed by atoms with Gasteiger partial charge in [0.1, 0.15) is 22.8 Å². The first-order valence-corrected chi connectivity index (χ1v) is 11.5. The van der Waals surface area contributed by atoms with E-state index in [4.69, 9.17) is 11.5 Å². The molecule has 0 unspecified atom stereocenters. The van der Waals surface area contributed by atoms with Crippen molar-refractivity contribution in [2.24, 2.45) is 17.6 Å². The third-order valence-electron chi connectivity index (χ3n) is 7.59. The van der Waals surface area contributed by atoms with Crippen LogP contribution in [0.1, 0.15) is 22.3 Å². The van der Waals surface area contributed by atoms with Crippen LogP contribution >= 0.6 is 0 Å². The number of aromatic nitrogens is 2. The fourth-order valence-corrected chi connectivity index (χ4v) is 6.00. The lowest BCUT2D eigenvalue weighted by atomic mass is 9.58. The van der Waals surface area contributed by atoms with Crippen LogP contribution in [-0.2, 0) is 16.0 Å². The number of aromatic hydroxyl groups is 1. The third kappa shape index (κ3) is 3.26. The van der Waals surface area contributed by atoms with Crippen LogP contribution in [0.5, 0.6) is 5.75 Å². The molecule has 1 heterocycles. The van der Waals surface area contributed by atoms with Crippen molar-refractivity contribution in [2.45, 2.75) is 24.5 Å². The lowest BCUT2D eigenvalue weighted by Crippen LogP contribution is -2.63. The van der Waals surface area contributed by atoms with Crippen LogP contribution in [0.2, 0.25) is 0 Å². The molecule has 0 bridgehead atoms. The van der Waals surface area contributed by atoms with Crippen LogP contribution in [0.15, 0.2) is 47.2 Å². The number of allylic oxidation sites excluding steroid dienone is 1. The van der Waals surface area contributed by atoms with Crippen LogP contribution in [0, 0.1) is 11.8 Å². The highest BCUT2D eigenvalue weighted by atomic mass is 16.3. The number of amides is 1. The zero-order valence-corrected chi connectivity index (χ0v) is 20.0. The maximum Gasteiger partial charge on any atom is 0.255 e. The number of nitrogens with two attached hydrogens (primary N) is 2. The number of primary amides is 1. The number of nitrogens with zero attached hydrogens (tertiary/aromatic N) is 3. The smallest absolute Gasteiger partial charge is 0.255 e. The Morgan fingerprint density at radius 2 is 1.78 bits per heavy atom. The van der Waals surface area contributed by atoms with Gasteiger partial charge in [0.25, 0.3) is 5.91 Å². The number of anilines is 1. The summed E-state index contributed by atoms with van der Waals surface area (Å²) in [6.07, 6.45) is 3.12. The summed E-state index contributed by atoms with van der Waals surface area (Å²) in [6.45, 7) is 0. The zero-order chi connectivity index (χ0) is 27.0. The number of carbonyl (C=O) groups excluding carboxylic acids is 3. The number of phenols is 1. The predicted octanol–water partition coefficient (Wildman–Crippen LogP) is 0.160. The van der Waals surface area contributed by atoms with E-state index in [0.717, 1.165) is 0 Å². The van der Waals surface area contributed by atoms with Crippen molar-refractivity contribution >= 4 is 23.4 Å². The molecule has 0 spiro atoms. The molecule has 12 nitrogen and oxygen atoms in total. The number of hydrogen-bond donors (Lipinski definition) is 6. The Hall–Kier alpha value is -4.29. The van der Waals surface area contributed by atoms with Crippen molar-refractivity contribution < 1.29 is 34.8 Å². The average molecular weight is 508 g/mol. The number of Topliss-reactive ketones (excluding diaryl/α,β-unsaturated/α-hetero) is 2.